The van der Waals surface area contributed by atoms with Crippen molar-refractivity contribution in [3.8, 4) is 0 Å². The number of carbonyl (C=O) groups is 2. The Hall–Kier alpha value is -3.28. The van der Waals surface area contributed by atoms with Crippen LogP contribution in [-0.2, 0) is 22.3 Å². The molecule has 12 heteroatoms. The van der Waals surface area contributed by atoms with Crippen molar-refractivity contribution >= 4 is 24.0 Å². The Morgan fingerprint density at radius 1 is 1.14 bits per heavy atom. The SMILES string of the molecule is CC(=O)N1CCN(c2nc(NC(C)c3cccc(C(F)(F)F)c3F)c3c(n2)[C@H](C=O)N(C(C)C)C3)CC1. The Labute approximate surface area is 212 Å². The van der Waals surface area contributed by atoms with Gasteiger partial charge in [0.05, 0.1) is 17.3 Å². The molecule has 0 aliphatic carbocycles. The third-order valence-electron chi connectivity index (χ3n) is 6.96. The van der Waals surface area contributed by atoms with Crippen LogP contribution in [0, 0.1) is 5.82 Å². The molecule has 1 N–H and O–H groups in total. The summed E-state index contributed by atoms with van der Waals surface area (Å²) in [4.78, 5) is 38.8. The molecule has 0 saturated carbocycles. The molecule has 0 spiro atoms. The summed E-state index contributed by atoms with van der Waals surface area (Å²) in [6.07, 6.45) is -4.00. The third kappa shape index (κ3) is 5.25. The highest BCUT2D eigenvalue weighted by molar-refractivity contribution is 5.73. The van der Waals surface area contributed by atoms with E-state index in [1.165, 1.54) is 19.1 Å². The van der Waals surface area contributed by atoms with E-state index in [1.54, 1.807) is 11.8 Å². The first-order valence-corrected chi connectivity index (χ1v) is 12.2. The Morgan fingerprint density at radius 2 is 1.81 bits per heavy atom. The summed E-state index contributed by atoms with van der Waals surface area (Å²) >= 11 is 0. The maximum absolute atomic E-state index is 14.9. The van der Waals surface area contributed by atoms with Crippen molar-refractivity contribution in [2.45, 2.75) is 58.5 Å². The second-order valence-corrected chi connectivity index (χ2v) is 9.65. The van der Waals surface area contributed by atoms with Crippen LogP contribution in [0.4, 0.5) is 29.3 Å². The number of nitrogens with zero attached hydrogens (tertiary/aromatic N) is 5. The van der Waals surface area contributed by atoms with Crippen molar-refractivity contribution in [1.29, 1.82) is 0 Å². The molecule has 2 aliphatic heterocycles. The predicted octanol–water partition coefficient (Wildman–Crippen LogP) is 3.94. The van der Waals surface area contributed by atoms with Crippen molar-refractivity contribution in [3.05, 3.63) is 46.4 Å². The van der Waals surface area contributed by atoms with E-state index in [4.69, 9.17) is 4.98 Å². The van der Waals surface area contributed by atoms with Gasteiger partial charge in [0.25, 0.3) is 0 Å². The fourth-order valence-corrected chi connectivity index (χ4v) is 4.84. The second kappa shape index (κ2) is 10.2. The first-order chi connectivity index (χ1) is 17.4. The highest BCUT2D eigenvalue weighted by atomic mass is 19.4. The molecule has 1 unspecified atom stereocenters. The van der Waals surface area contributed by atoms with Gasteiger partial charge in [-0.05, 0) is 26.8 Å². The van der Waals surface area contributed by atoms with Crippen LogP contribution < -0.4 is 10.2 Å². The number of aldehydes is 1. The summed E-state index contributed by atoms with van der Waals surface area (Å²) in [5.74, 6) is -0.676. The van der Waals surface area contributed by atoms with Crippen molar-refractivity contribution in [2.24, 2.45) is 0 Å². The Balaban J connectivity index is 1.72. The van der Waals surface area contributed by atoms with Gasteiger partial charge < -0.3 is 19.9 Å². The Kier molecular flexibility index (Phi) is 7.40. The zero-order valence-corrected chi connectivity index (χ0v) is 21.1. The van der Waals surface area contributed by atoms with Gasteiger partial charge >= 0.3 is 6.18 Å². The van der Waals surface area contributed by atoms with E-state index in [1.807, 2.05) is 23.6 Å². The van der Waals surface area contributed by atoms with Crippen LogP contribution >= 0.6 is 0 Å². The minimum atomic E-state index is -4.82. The maximum Gasteiger partial charge on any atom is 0.419 e. The Morgan fingerprint density at radius 3 is 2.38 bits per heavy atom. The molecule has 2 atom stereocenters. The fraction of sp³-hybridized carbons (Fsp3) is 0.520. The molecular weight excluding hydrogens is 492 g/mol. The molecule has 2 aliphatic rings. The fourth-order valence-electron chi connectivity index (χ4n) is 4.84. The van der Waals surface area contributed by atoms with Crippen LogP contribution in [0.1, 0.15) is 62.2 Å². The number of nitrogens with one attached hydrogen (secondary N) is 1. The average Bonchev–Trinajstić information content (AvgIpc) is 3.22. The lowest BCUT2D eigenvalue weighted by Crippen LogP contribution is -2.48. The lowest BCUT2D eigenvalue weighted by Gasteiger charge is -2.34. The number of hydrogen-bond acceptors (Lipinski definition) is 7. The van der Waals surface area contributed by atoms with E-state index in [2.05, 4.69) is 10.3 Å². The maximum atomic E-state index is 14.9. The van der Waals surface area contributed by atoms with Crippen molar-refractivity contribution in [1.82, 2.24) is 19.8 Å². The van der Waals surface area contributed by atoms with Gasteiger partial charge in [-0.2, -0.15) is 18.2 Å². The van der Waals surface area contributed by atoms with E-state index in [9.17, 15) is 27.2 Å². The number of carbonyl (C=O) groups excluding carboxylic acids is 2. The van der Waals surface area contributed by atoms with E-state index in [0.717, 1.165) is 6.29 Å². The molecule has 3 heterocycles. The van der Waals surface area contributed by atoms with Gasteiger partial charge in [-0.3, -0.25) is 9.69 Å². The number of aromatic nitrogens is 2. The van der Waals surface area contributed by atoms with Crippen molar-refractivity contribution in [2.75, 3.05) is 36.4 Å². The van der Waals surface area contributed by atoms with Crippen LogP contribution in [-0.4, -0.2) is 64.2 Å². The molecule has 1 fully saturated rings. The zero-order valence-electron chi connectivity index (χ0n) is 21.1. The van der Waals surface area contributed by atoms with Gasteiger partial charge in [0.15, 0.2) is 0 Å². The number of fused-ring (bicyclic) bond motifs is 1. The van der Waals surface area contributed by atoms with Gasteiger partial charge in [0, 0.05) is 56.8 Å². The number of benzene rings is 1. The molecule has 1 aromatic heterocycles. The van der Waals surface area contributed by atoms with E-state index in [0.29, 0.717) is 61.8 Å². The molecule has 4 rings (SSSR count). The first-order valence-electron chi connectivity index (χ1n) is 12.2. The number of anilines is 2. The van der Waals surface area contributed by atoms with Crippen LogP contribution in [0.25, 0.3) is 0 Å². The lowest BCUT2D eigenvalue weighted by molar-refractivity contribution is -0.140. The normalized spacial score (nSPS) is 19.2. The molecule has 200 valence electrons. The highest BCUT2D eigenvalue weighted by Gasteiger charge is 2.38. The number of piperazine rings is 1. The summed E-state index contributed by atoms with van der Waals surface area (Å²) in [5, 5.41) is 3.10. The van der Waals surface area contributed by atoms with E-state index < -0.39 is 29.6 Å². The second-order valence-electron chi connectivity index (χ2n) is 9.65. The first kappa shape index (κ1) is 26.8. The van der Waals surface area contributed by atoms with Gasteiger partial charge in [-0.15, -0.1) is 0 Å². The average molecular weight is 523 g/mol. The van der Waals surface area contributed by atoms with Crippen LogP contribution in [0.5, 0.6) is 0 Å². The lowest BCUT2D eigenvalue weighted by atomic mass is 10.0. The minimum Gasteiger partial charge on any atom is -0.363 e. The molecule has 37 heavy (non-hydrogen) atoms. The number of hydrogen-bond donors (Lipinski definition) is 1. The molecule has 8 nitrogen and oxygen atoms in total. The van der Waals surface area contributed by atoms with Crippen LogP contribution in [0.3, 0.4) is 0 Å². The summed E-state index contributed by atoms with van der Waals surface area (Å²) < 4.78 is 54.7. The molecule has 1 aromatic carbocycles. The van der Waals surface area contributed by atoms with E-state index >= 15 is 0 Å². The van der Waals surface area contributed by atoms with Crippen molar-refractivity contribution in [3.63, 3.8) is 0 Å². The number of amides is 1. The Bertz CT molecular complexity index is 1180. The summed E-state index contributed by atoms with van der Waals surface area (Å²) in [7, 11) is 0. The smallest absolute Gasteiger partial charge is 0.363 e. The summed E-state index contributed by atoms with van der Waals surface area (Å²) in [6.45, 7) is 9.26. The van der Waals surface area contributed by atoms with Gasteiger partial charge in [-0.25, -0.2) is 9.37 Å². The van der Waals surface area contributed by atoms with Gasteiger partial charge in [-0.1, -0.05) is 12.1 Å². The molecule has 1 amide bonds. The summed E-state index contributed by atoms with van der Waals surface area (Å²) in [6, 6.07) is 1.73. The minimum absolute atomic E-state index is 0.0122. The number of rotatable bonds is 6. The topological polar surface area (TPSA) is 81.7 Å². The van der Waals surface area contributed by atoms with Crippen molar-refractivity contribution < 1.29 is 27.2 Å². The molecule has 2 aromatic rings. The van der Waals surface area contributed by atoms with Gasteiger partial charge in [0.2, 0.25) is 11.9 Å². The van der Waals surface area contributed by atoms with Gasteiger partial charge in [0.1, 0.15) is 24.0 Å². The quantitative estimate of drug-likeness (QED) is 0.455. The van der Waals surface area contributed by atoms with Crippen LogP contribution in [0.2, 0.25) is 0 Å². The largest absolute Gasteiger partial charge is 0.419 e. The summed E-state index contributed by atoms with van der Waals surface area (Å²) in [5.41, 5.74) is -0.315. The third-order valence-corrected chi connectivity index (χ3v) is 6.96. The molecular formula is C25H30F4N6O2. The standard InChI is InChI=1S/C25H30F4N6O2/c1-14(2)35-12-18-22(20(35)13-36)31-24(34-10-8-33(9-11-34)16(4)37)32-23(18)30-15(3)17-6-5-7-19(21(17)26)25(27,28)29/h5-7,13-15,20H,8-12H2,1-4H3,(H,30,31,32)/t15?,20-/m0/s1. The van der Waals surface area contributed by atoms with E-state index in [-0.39, 0.29) is 17.5 Å². The zero-order chi connectivity index (χ0) is 27.1. The number of alkyl halides is 3. The van der Waals surface area contributed by atoms with Crippen LogP contribution in [0.15, 0.2) is 18.2 Å². The monoisotopic (exact) mass is 522 g/mol. The predicted molar refractivity (Wildman–Crippen MR) is 129 cm³/mol. The molecule has 1 saturated heterocycles. The highest BCUT2D eigenvalue weighted by Crippen LogP contribution is 2.39. The number of halogens is 4. The molecule has 0 bridgehead atoms. The molecule has 0 radical (unpaired) electrons.